The molecule has 7 nitrogen and oxygen atoms in total. The summed E-state index contributed by atoms with van der Waals surface area (Å²) in [4.78, 5) is 39.7. The Kier molecular flexibility index (Phi) is 4.95. The van der Waals surface area contributed by atoms with Crippen LogP contribution >= 0.6 is 11.8 Å². The number of thioether (sulfide) groups is 1. The molecule has 8 heteroatoms. The number of aromatic amines is 1. The van der Waals surface area contributed by atoms with Crippen LogP contribution in [0.1, 0.15) is 19.4 Å². The number of carbonyl (C=O) groups is 3. The molecule has 26 heavy (non-hydrogen) atoms. The van der Waals surface area contributed by atoms with Crippen molar-refractivity contribution in [2.45, 2.75) is 37.2 Å². The van der Waals surface area contributed by atoms with E-state index in [0.29, 0.717) is 12.2 Å². The monoisotopic (exact) mass is 375 g/mol. The van der Waals surface area contributed by atoms with Crippen LogP contribution in [0.2, 0.25) is 0 Å². The van der Waals surface area contributed by atoms with Crippen LogP contribution in [-0.4, -0.2) is 56.0 Å². The number of H-pyrrole nitrogens is 1. The van der Waals surface area contributed by atoms with E-state index < -0.39 is 28.8 Å². The highest BCUT2D eigenvalue weighted by molar-refractivity contribution is 8.00. The lowest BCUT2D eigenvalue weighted by atomic mass is 10.0. The van der Waals surface area contributed by atoms with Gasteiger partial charge in [-0.05, 0) is 25.5 Å². The minimum atomic E-state index is -1.11. The lowest BCUT2D eigenvalue weighted by molar-refractivity contribution is -0.143. The van der Waals surface area contributed by atoms with Crippen LogP contribution in [0.15, 0.2) is 30.5 Å². The number of fused-ring (bicyclic) bond motifs is 1. The van der Waals surface area contributed by atoms with Gasteiger partial charge in [0.05, 0.1) is 4.87 Å². The van der Waals surface area contributed by atoms with Crippen LogP contribution in [0, 0.1) is 0 Å². The van der Waals surface area contributed by atoms with Crippen LogP contribution in [-0.2, 0) is 20.8 Å². The zero-order valence-corrected chi connectivity index (χ0v) is 15.4. The number of carbonyl (C=O) groups excluding carboxylic acids is 2. The van der Waals surface area contributed by atoms with E-state index in [2.05, 4.69) is 10.3 Å². The Hall–Kier alpha value is -2.48. The van der Waals surface area contributed by atoms with Crippen molar-refractivity contribution >= 4 is 41.0 Å². The average Bonchev–Trinajstić information content (AvgIpc) is 3.14. The zero-order chi connectivity index (χ0) is 18.9. The summed E-state index contributed by atoms with van der Waals surface area (Å²) in [5.41, 5.74) is 1.74. The first-order valence-corrected chi connectivity index (χ1v) is 9.28. The summed E-state index contributed by atoms with van der Waals surface area (Å²) in [6.45, 7) is 3.72. The van der Waals surface area contributed by atoms with Crippen molar-refractivity contribution in [3.8, 4) is 0 Å². The molecular weight excluding hydrogens is 354 g/mol. The molecule has 2 amide bonds. The number of nitrogens with zero attached hydrogens (tertiary/aromatic N) is 1. The van der Waals surface area contributed by atoms with Gasteiger partial charge in [-0.1, -0.05) is 18.2 Å². The third-order valence-corrected chi connectivity index (χ3v) is 6.08. The molecule has 2 atom stereocenters. The summed E-state index contributed by atoms with van der Waals surface area (Å²) in [5, 5.41) is 13.1. The highest BCUT2D eigenvalue weighted by atomic mass is 32.2. The van der Waals surface area contributed by atoms with E-state index in [1.54, 1.807) is 6.20 Å². The van der Waals surface area contributed by atoms with Gasteiger partial charge in [-0.3, -0.25) is 9.59 Å². The maximum atomic E-state index is 12.6. The SMILES string of the molecule is CC1(C)SC[C@H](C(=O)N[C@H](Cc2c[nH]c3ccccc23)C(=O)O)N1C=O. The summed E-state index contributed by atoms with van der Waals surface area (Å²) in [7, 11) is 0. The maximum absolute atomic E-state index is 12.6. The molecular formula is C18H21N3O4S. The fraction of sp³-hybridized carbons (Fsp3) is 0.389. The number of amides is 2. The molecule has 0 bridgehead atoms. The van der Waals surface area contributed by atoms with Crippen LogP contribution < -0.4 is 5.32 Å². The lowest BCUT2D eigenvalue weighted by Gasteiger charge is -2.30. The van der Waals surface area contributed by atoms with E-state index in [1.807, 2.05) is 38.1 Å². The molecule has 1 fully saturated rings. The summed E-state index contributed by atoms with van der Waals surface area (Å²) in [6, 6.07) is 5.86. The first kappa shape index (κ1) is 18.3. The predicted molar refractivity (Wildman–Crippen MR) is 99.8 cm³/mol. The topological polar surface area (TPSA) is 102 Å². The van der Waals surface area contributed by atoms with E-state index in [0.717, 1.165) is 16.5 Å². The van der Waals surface area contributed by atoms with Crippen molar-refractivity contribution in [3.05, 3.63) is 36.0 Å². The van der Waals surface area contributed by atoms with Gasteiger partial charge in [0.2, 0.25) is 12.3 Å². The van der Waals surface area contributed by atoms with Crippen molar-refractivity contribution in [2.75, 3.05) is 5.75 Å². The van der Waals surface area contributed by atoms with Crippen molar-refractivity contribution in [1.82, 2.24) is 15.2 Å². The van der Waals surface area contributed by atoms with Gasteiger partial charge in [0.1, 0.15) is 12.1 Å². The molecule has 3 N–H and O–H groups in total. The smallest absolute Gasteiger partial charge is 0.326 e. The van der Waals surface area contributed by atoms with Crippen molar-refractivity contribution in [1.29, 1.82) is 0 Å². The van der Waals surface area contributed by atoms with E-state index in [-0.39, 0.29) is 6.42 Å². The third-order valence-electron chi connectivity index (χ3n) is 4.68. The number of aromatic nitrogens is 1. The Morgan fingerprint density at radius 2 is 2.19 bits per heavy atom. The number of para-hydroxylation sites is 1. The summed E-state index contributed by atoms with van der Waals surface area (Å²) in [5.74, 6) is -1.11. The molecule has 1 saturated heterocycles. The fourth-order valence-corrected chi connectivity index (χ4v) is 4.40. The largest absolute Gasteiger partial charge is 0.480 e. The Morgan fingerprint density at radius 1 is 1.46 bits per heavy atom. The Morgan fingerprint density at radius 3 is 2.88 bits per heavy atom. The summed E-state index contributed by atoms with van der Waals surface area (Å²) >= 11 is 1.49. The molecule has 2 aromatic rings. The standard InChI is InChI=1S/C18H21N3O4S/c1-18(2)21(10-22)15(9-26-18)16(23)20-14(17(24)25)7-11-8-19-13-6-4-3-5-12(11)13/h3-6,8,10,14-15,19H,7,9H2,1-2H3,(H,20,23)(H,24,25)/t14-,15-/m1/s1. The third kappa shape index (κ3) is 3.41. The number of carboxylic acid groups (broad SMARTS) is 1. The normalized spacial score (nSPS) is 20.1. The molecule has 1 aliphatic rings. The van der Waals surface area contributed by atoms with Crippen LogP contribution in [0.3, 0.4) is 0 Å². The summed E-state index contributed by atoms with van der Waals surface area (Å²) in [6.07, 6.45) is 2.58. The van der Waals surface area contributed by atoms with Gasteiger partial charge in [0.25, 0.3) is 0 Å². The van der Waals surface area contributed by atoms with Crippen LogP contribution in [0.5, 0.6) is 0 Å². The molecule has 0 spiro atoms. The second-order valence-electron chi connectivity index (χ2n) is 6.75. The molecule has 1 aliphatic heterocycles. The van der Waals surface area contributed by atoms with E-state index in [1.165, 1.54) is 16.7 Å². The summed E-state index contributed by atoms with van der Waals surface area (Å²) < 4.78 is 0. The van der Waals surface area contributed by atoms with Gasteiger partial charge in [-0.2, -0.15) is 0 Å². The molecule has 2 heterocycles. The minimum Gasteiger partial charge on any atom is -0.480 e. The second kappa shape index (κ2) is 7.03. The van der Waals surface area contributed by atoms with Gasteiger partial charge in [0, 0.05) is 29.3 Å². The van der Waals surface area contributed by atoms with Gasteiger partial charge >= 0.3 is 5.97 Å². The van der Waals surface area contributed by atoms with E-state index in [9.17, 15) is 19.5 Å². The van der Waals surface area contributed by atoms with Gasteiger partial charge in [-0.25, -0.2) is 4.79 Å². The van der Waals surface area contributed by atoms with Crippen molar-refractivity contribution in [3.63, 3.8) is 0 Å². The quantitative estimate of drug-likeness (QED) is 0.666. The fourth-order valence-electron chi connectivity index (χ4n) is 3.20. The molecule has 1 aromatic carbocycles. The average molecular weight is 375 g/mol. The molecule has 3 rings (SSSR count). The number of nitrogens with one attached hydrogen (secondary N) is 2. The number of carboxylic acids is 1. The van der Waals surface area contributed by atoms with Crippen LogP contribution in [0.4, 0.5) is 0 Å². The number of hydrogen-bond acceptors (Lipinski definition) is 4. The number of aliphatic carboxylic acids is 1. The molecule has 0 aliphatic carbocycles. The lowest BCUT2D eigenvalue weighted by Crippen LogP contribution is -2.53. The van der Waals surface area contributed by atoms with Crippen molar-refractivity contribution in [2.24, 2.45) is 0 Å². The van der Waals surface area contributed by atoms with Gasteiger partial charge in [-0.15, -0.1) is 11.8 Å². The van der Waals surface area contributed by atoms with Crippen molar-refractivity contribution < 1.29 is 19.5 Å². The maximum Gasteiger partial charge on any atom is 0.326 e. The first-order valence-electron chi connectivity index (χ1n) is 8.29. The molecule has 1 aromatic heterocycles. The van der Waals surface area contributed by atoms with Gasteiger partial charge < -0.3 is 20.3 Å². The molecule has 138 valence electrons. The number of benzene rings is 1. The molecule has 0 radical (unpaired) electrons. The zero-order valence-electron chi connectivity index (χ0n) is 14.6. The predicted octanol–water partition coefficient (Wildman–Crippen LogP) is 1.59. The van der Waals surface area contributed by atoms with Gasteiger partial charge in [0.15, 0.2) is 0 Å². The van der Waals surface area contributed by atoms with Crippen LogP contribution in [0.25, 0.3) is 10.9 Å². The number of rotatable bonds is 6. The van der Waals surface area contributed by atoms with E-state index >= 15 is 0 Å². The van der Waals surface area contributed by atoms with E-state index in [4.69, 9.17) is 0 Å². The Labute approximate surface area is 155 Å². The Balaban J connectivity index is 1.76. The highest BCUT2D eigenvalue weighted by Gasteiger charge is 2.43. The molecule has 0 saturated carbocycles. The Bertz CT molecular complexity index is 848. The molecule has 0 unspecified atom stereocenters. The number of hydrogen-bond donors (Lipinski definition) is 3. The minimum absolute atomic E-state index is 0.162. The highest BCUT2D eigenvalue weighted by Crippen LogP contribution is 2.37. The first-order chi connectivity index (χ1) is 12.3. The second-order valence-corrected chi connectivity index (χ2v) is 8.37.